The average molecular weight is 150 g/mol. The number of rotatable bonds is 5. The molecule has 0 saturated heterocycles. The van der Waals surface area contributed by atoms with Gasteiger partial charge in [0.05, 0.1) is 0 Å². The Morgan fingerprint density at radius 1 is 0.818 bits per heavy atom. The first-order chi connectivity index (χ1) is 5.41. The molecule has 0 bridgehead atoms. The van der Waals surface area contributed by atoms with E-state index in [0.29, 0.717) is 0 Å². The summed E-state index contributed by atoms with van der Waals surface area (Å²) in [4.78, 5) is 0. The molecule has 0 amide bonds. The van der Waals surface area contributed by atoms with Gasteiger partial charge in [-0.3, -0.25) is 0 Å². The van der Waals surface area contributed by atoms with Crippen LogP contribution in [-0.2, 0) is 0 Å². The lowest BCUT2D eigenvalue weighted by atomic mass is 10.2. The van der Waals surface area contributed by atoms with Crippen LogP contribution < -0.4 is 0 Å². The second-order valence-electron chi connectivity index (χ2n) is 2.45. The third kappa shape index (κ3) is 9.22. The van der Waals surface area contributed by atoms with Crippen LogP contribution in [0.15, 0.2) is 36.5 Å². The Balaban J connectivity index is 3.13. The van der Waals surface area contributed by atoms with Gasteiger partial charge >= 0.3 is 0 Å². The Labute approximate surface area is 70.3 Å². The van der Waals surface area contributed by atoms with Crippen molar-refractivity contribution in [3.8, 4) is 0 Å². The summed E-state index contributed by atoms with van der Waals surface area (Å²) in [6.07, 6.45) is 16.4. The molecule has 0 aliphatic rings. The second-order valence-corrected chi connectivity index (χ2v) is 2.45. The molecule has 0 aliphatic carbocycles. The monoisotopic (exact) mass is 150 g/mol. The smallest absolute Gasteiger partial charge is 0.0345 e. The first-order valence-electron chi connectivity index (χ1n) is 4.30. The Morgan fingerprint density at radius 3 is 2.18 bits per heavy atom. The molecule has 0 saturated carbocycles. The van der Waals surface area contributed by atoms with Crippen LogP contribution in [0.5, 0.6) is 0 Å². The summed E-state index contributed by atoms with van der Waals surface area (Å²) in [6.45, 7) is 4.10. The predicted molar refractivity (Wildman–Crippen MR) is 52.6 cm³/mol. The molecule has 0 unspecified atom stereocenters. The van der Waals surface area contributed by atoms with Crippen molar-refractivity contribution >= 4 is 0 Å². The van der Waals surface area contributed by atoms with Gasteiger partial charge in [-0.25, -0.2) is 0 Å². The van der Waals surface area contributed by atoms with Gasteiger partial charge in [0.2, 0.25) is 0 Å². The fraction of sp³-hybridized carbons (Fsp3) is 0.455. The van der Waals surface area contributed by atoms with Crippen molar-refractivity contribution in [3.05, 3.63) is 36.5 Å². The third-order valence-corrected chi connectivity index (χ3v) is 1.42. The zero-order valence-electron chi connectivity index (χ0n) is 7.59. The fourth-order valence-electron chi connectivity index (χ4n) is 0.806. The molecule has 0 fully saturated rings. The van der Waals surface area contributed by atoms with Gasteiger partial charge in [-0.1, -0.05) is 36.5 Å². The first kappa shape index (κ1) is 10.2. The molecular formula is C11H18. The van der Waals surface area contributed by atoms with Crippen molar-refractivity contribution in [2.75, 3.05) is 0 Å². The minimum atomic E-state index is 1.19. The maximum absolute atomic E-state index is 2.21. The molecule has 0 rings (SSSR count). The molecule has 0 spiro atoms. The summed E-state index contributed by atoms with van der Waals surface area (Å²) in [5, 5.41) is 0. The van der Waals surface area contributed by atoms with E-state index < -0.39 is 0 Å². The van der Waals surface area contributed by atoms with E-state index in [9.17, 15) is 0 Å². The van der Waals surface area contributed by atoms with E-state index in [1.807, 2.05) is 13.0 Å². The molecule has 11 heavy (non-hydrogen) atoms. The summed E-state index contributed by atoms with van der Waals surface area (Å²) in [6, 6.07) is 0. The Morgan fingerprint density at radius 2 is 1.55 bits per heavy atom. The van der Waals surface area contributed by atoms with Gasteiger partial charge in [0.1, 0.15) is 0 Å². The van der Waals surface area contributed by atoms with E-state index >= 15 is 0 Å². The highest BCUT2D eigenvalue weighted by Crippen LogP contribution is 1.97. The molecule has 0 N–H and O–H groups in total. The molecule has 0 heterocycles. The van der Waals surface area contributed by atoms with Gasteiger partial charge in [0.25, 0.3) is 0 Å². The van der Waals surface area contributed by atoms with Crippen LogP contribution in [0.3, 0.4) is 0 Å². The van der Waals surface area contributed by atoms with E-state index in [4.69, 9.17) is 0 Å². The minimum absolute atomic E-state index is 1.19. The van der Waals surface area contributed by atoms with Crippen molar-refractivity contribution in [1.82, 2.24) is 0 Å². The Bertz CT molecular complexity index is 138. The van der Waals surface area contributed by atoms with Crippen LogP contribution in [0.4, 0.5) is 0 Å². The van der Waals surface area contributed by atoms with Crippen LogP contribution in [0.2, 0.25) is 0 Å². The number of hydrogen-bond acceptors (Lipinski definition) is 0. The van der Waals surface area contributed by atoms with Crippen LogP contribution in [-0.4, -0.2) is 0 Å². The number of allylic oxidation sites excluding steroid dienone is 6. The highest BCUT2D eigenvalue weighted by molar-refractivity contribution is 5.00. The lowest BCUT2D eigenvalue weighted by Crippen LogP contribution is -1.67. The fourth-order valence-corrected chi connectivity index (χ4v) is 0.806. The van der Waals surface area contributed by atoms with E-state index in [1.165, 1.54) is 19.3 Å². The van der Waals surface area contributed by atoms with Crippen molar-refractivity contribution in [2.24, 2.45) is 0 Å². The lowest BCUT2D eigenvalue weighted by molar-refractivity contribution is 0.867. The topological polar surface area (TPSA) is 0 Å². The van der Waals surface area contributed by atoms with E-state index in [-0.39, 0.29) is 0 Å². The molecule has 0 aromatic rings. The highest BCUT2D eigenvalue weighted by atomic mass is 13.8. The molecular weight excluding hydrogens is 132 g/mol. The summed E-state index contributed by atoms with van der Waals surface area (Å²) in [7, 11) is 0. The third-order valence-electron chi connectivity index (χ3n) is 1.42. The molecule has 0 aromatic heterocycles. The largest absolute Gasteiger partial charge is 0.0917 e. The lowest BCUT2D eigenvalue weighted by Gasteiger charge is -1.87. The molecule has 0 nitrogen and oxygen atoms in total. The number of hydrogen-bond donors (Lipinski definition) is 0. The van der Waals surface area contributed by atoms with Crippen molar-refractivity contribution in [3.63, 3.8) is 0 Å². The van der Waals surface area contributed by atoms with Crippen molar-refractivity contribution in [2.45, 2.75) is 33.1 Å². The predicted octanol–water partition coefficient (Wildman–Crippen LogP) is 3.87. The summed E-state index contributed by atoms with van der Waals surface area (Å²) in [5.41, 5.74) is 0. The molecule has 62 valence electrons. The van der Waals surface area contributed by atoms with Crippen molar-refractivity contribution < 1.29 is 0 Å². The highest BCUT2D eigenvalue weighted by Gasteiger charge is 1.77. The Kier molecular flexibility index (Phi) is 8.57. The van der Waals surface area contributed by atoms with E-state index in [1.54, 1.807) is 0 Å². The average Bonchev–Trinajstić information content (AvgIpc) is 2.03. The van der Waals surface area contributed by atoms with Crippen LogP contribution in [0.25, 0.3) is 0 Å². The standard InChI is InChI=1S/C11H18/c1-3-5-7-9-11-10-8-6-4-2/h3-7,9H,8,10-11H2,1-2H3/b5-3+,6-4+,9-7+. The summed E-state index contributed by atoms with van der Waals surface area (Å²) < 4.78 is 0. The zero-order valence-corrected chi connectivity index (χ0v) is 7.59. The number of unbranched alkanes of at least 4 members (excludes halogenated alkanes) is 2. The van der Waals surface area contributed by atoms with Gasteiger partial charge in [-0.05, 0) is 33.1 Å². The minimum Gasteiger partial charge on any atom is -0.0917 e. The SMILES string of the molecule is C/C=C/C=C/CCC/C=C/C. The van der Waals surface area contributed by atoms with Gasteiger partial charge in [-0.2, -0.15) is 0 Å². The van der Waals surface area contributed by atoms with Gasteiger partial charge in [0.15, 0.2) is 0 Å². The maximum Gasteiger partial charge on any atom is -0.0345 e. The van der Waals surface area contributed by atoms with E-state index in [2.05, 4.69) is 37.3 Å². The maximum atomic E-state index is 2.21. The molecule has 0 aromatic carbocycles. The van der Waals surface area contributed by atoms with Gasteiger partial charge in [-0.15, -0.1) is 0 Å². The van der Waals surface area contributed by atoms with Crippen LogP contribution in [0, 0.1) is 0 Å². The molecule has 0 radical (unpaired) electrons. The Hall–Kier alpha value is -0.780. The van der Waals surface area contributed by atoms with Crippen LogP contribution >= 0.6 is 0 Å². The first-order valence-corrected chi connectivity index (χ1v) is 4.30. The van der Waals surface area contributed by atoms with Gasteiger partial charge < -0.3 is 0 Å². The normalized spacial score (nSPS) is 12.5. The summed E-state index contributed by atoms with van der Waals surface area (Å²) >= 11 is 0. The summed E-state index contributed by atoms with van der Waals surface area (Å²) in [5.74, 6) is 0. The quantitative estimate of drug-likeness (QED) is 0.317. The van der Waals surface area contributed by atoms with Crippen molar-refractivity contribution in [1.29, 1.82) is 0 Å². The van der Waals surface area contributed by atoms with Crippen LogP contribution in [0.1, 0.15) is 33.1 Å². The van der Waals surface area contributed by atoms with E-state index in [0.717, 1.165) is 0 Å². The molecule has 0 aliphatic heterocycles. The second kappa shape index (κ2) is 9.22. The molecule has 0 heteroatoms. The van der Waals surface area contributed by atoms with Gasteiger partial charge in [0, 0.05) is 0 Å². The zero-order chi connectivity index (χ0) is 8.36. The molecule has 0 atom stereocenters.